The highest BCUT2D eigenvalue weighted by molar-refractivity contribution is 7.18. The molecule has 5 rings (SSSR count). The summed E-state index contributed by atoms with van der Waals surface area (Å²) < 4.78 is 0. The molecule has 2 saturated heterocycles. The van der Waals surface area contributed by atoms with E-state index in [-0.39, 0.29) is 0 Å². The number of likely N-dealkylation sites (tertiary alicyclic amines) is 1. The van der Waals surface area contributed by atoms with Crippen molar-refractivity contribution in [1.29, 1.82) is 0 Å². The first-order valence-electron chi connectivity index (χ1n) is 11.8. The molecule has 2 aliphatic rings. The summed E-state index contributed by atoms with van der Waals surface area (Å²) in [5, 5.41) is 11.5. The molecule has 0 aliphatic carbocycles. The minimum atomic E-state index is 0.354. The van der Waals surface area contributed by atoms with E-state index in [2.05, 4.69) is 35.5 Å². The quantitative estimate of drug-likeness (QED) is 0.627. The summed E-state index contributed by atoms with van der Waals surface area (Å²) in [7, 11) is 0. The molecule has 6 nitrogen and oxygen atoms in total. The van der Waals surface area contributed by atoms with Gasteiger partial charge in [-0.15, -0.1) is 11.3 Å². The van der Waals surface area contributed by atoms with E-state index in [1.807, 2.05) is 18.2 Å². The molecular weight excluding hydrogens is 418 g/mol. The first-order chi connectivity index (χ1) is 15.5. The molecule has 0 atom stereocenters. The van der Waals surface area contributed by atoms with E-state index in [9.17, 15) is 5.11 Å². The summed E-state index contributed by atoms with van der Waals surface area (Å²) in [4.78, 5) is 19.8. The number of anilines is 2. The first kappa shape index (κ1) is 21.5. The molecule has 1 aromatic carbocycles. The van der Waals surface area contributed by atoms with Crippen molar-refractivity contribution in [2.24, 2.45) is 5.92 Å². The maximum Gasteiger partial charge on any atom is 0.146 e. The number of aryl methyl sites for hydroxylation is 2. The Balaban J connectivity index is 1.40. The molecule has 0 bridgehead atoms. The topological polar surface area (TPSA) is 55.7 Å². The first-order valence-corrected chi connectivity index (χ1v) is 12.6. The van der Waals surface area contributed by atoms with E-state index < -0.39 is 0 Å². The molecule has 170 valence electrons. The summed E-state index contributed by atoms with van der Waals surface area (Å²) in [6.45, 7) is 13.4. The van der Waals surface area contributed by atoms with Crippen LogP contribution in [0.1, 0.15) is 36.0 Å². The lowest BCUT2D eigenvalue weighted by Crippen LogP contribution is -2.47. The highest BCUT2D eigenvalue weighted by Gasteiger charge is 2.25. The number of aromatic nitrogens is 2. The number of benzene rings is 1. The SMILES string of the molecule is Cc1sc2nc(CN3CCC(C)CC3)nc(N3CCN(c4ccccc4O)CC3)c2c1C. The van der Waals surface area contributed by atoms with Gasteiger partial charge < -0.3 is 14.9 Å². The van der Waals surface area contributed by atoms with Crippen molar-refractivity contribution < 1.29 is 5.11 Å². The fraction of sp³-hybridized carbons (Fsp3) is 0.520. The van der Waals surface area contributed by atoms with Crippen LogP contribution in [-0.4, -0.2) is 59.2 Å². The van der Waals surface area contributed by atoms with Gasteiger partial charge in [-0.2, -0.15) is 0 Å². The van der Waals surface area contributed by atoms with Gasteiger partial charge in [-0.3, -0.25) is 4.90 Å². The number of aromatic hydroxyl groups is 1. The monoisotopic (exact) mass is 451 g/mol. The van der Waals surface area contributed by atoms with E-state index in [0.717, 1.165) is 73.9 Å². The Bertz CT molecular complexity index is 1100. The molecule has 2 aromatic heterocycles. The summed E-state index contributed by atoms with van der Waals surface area (Å²) in [5.41, 5.74) is 2.23. The molecule has 32 heavy (non-hydrogen) atoms. The highest BCUT2D eigenvalue weighted by atomic mass is 32.1. The van der Waals surface area contributed by atoms with Gasteiger partial charge >= 0.3 is 0 Å². The van der Waals surface area contributed by atoms with Crippen LogP contribution in [0.5, 0.6) is 5.75 Å². The Morgan fingerprint density at radius 3 is 2.38 bits per heavy atom. The number of piperidine rings is 1. The van der Waals surface area contributed by atoms with Crippen molar-refractivity contribution in [3.05, 3.63) is 40.5 Å². The number of phenols is 1. The number of hydrogen-bond donors (Lipinski definition) is 1. The van der Waals surface area contributed by atoms with Crippen LogP contribution in [0.25, 0.3) is 10.2 Å². The lowest BCUT2D eigenvalue weighted by Gasteiger charge is -2.37. The lowest BCUT2D eigenvalue weighted by atomic mass is 9.99. The number of fused-ring (bicyclic) bond motifs is 1. The Labute approximate surface area is 194 Å². The molecule has 2 aliphatic heterocycles. The maximum absolute atomic E-state index is 10.3. The molecular formula is C25H33N5OS. The van der Waals surface area contributed by atoms with Crippen LogP contribution in [0.2, 0.25) is 0 Å². The fourth-order valence-corrected chi connectivity index (χ4v) is 5.92. The van der Waals surface area contributed by atoms with Crippen molar-refractivity contribution in [2.75, 3.05) is 49.1 Å². The third-order valence-electron chi connectivity index (χ3n) is 7.10. The Hall–Kier alpha value is -2.38. The molecule has 2 fully saturated rings. The van der Waals surface area contributed by atoms with Crippen LogP contribution in [0.3, 0.4) is 0 Å². The summed E-state index contributed by atoms with van der Waals surface area (Å²) in [6.07, 6.45) is 2.53. The van der Waals surface area contributed by atoms with Gasteiger partial charge in [0.15, 0.2) is 0 Å². The zero-order chi connectivity index (χ0) is 22.2. The smallest absolute Gasteiger partial charge is 0.146 e. The van der Waals surface area contributed by atoms with E-state index in [0.29, 0.717) is 5.75 Å². The van der Waals surface area contributed by atoms with Crippen LogP contribution in [0.4, 0.5) is 11.5 Å². The Kier molecular flexibility index (Phi) is 5.95. The normalized spacial score (nSPS) is 18.6. The number of nitrogens with zero attached hydrogens (tertiary/aromatic N) is 5. The lowest BCUT2D eigenvalue weighted by molar-refractivity contribution is 0.181. The number of phenolic OH excluding ortho intramolecular Hbond substituents is 1. The second kappa shape index (κ2) is 8.87. The molecule has 1 N–H and O–H groups in total. The largest absolute Gasteiger partial charge is 0.506 e. The van der Waals surface area contributed by atoms with Crippen LogP contribution in [0, 0.1) is 19.8 Å². The average Bonchev–Trinajstić information content (AvgIpc) is 3.09. The van der Waals surface area contributed by atoms with E-state index in [1.54, 1.807) is 17.4 Å². The van der Waals surface area contributed by atoms with Gasteiger partial charge in [-0.1, -0.05) is 19.1 Å². The van der Waals surface area contributed by atoms with Gasteiger partial charge in [0.1, 0.15) is 22.2 Å². The molecule has 0 radical (unpaired) electrons. The predicted octanol–water partition coefficient (Wildman–Crippen LogP) is 4.57. The second-order valence-electron chi connectivity index (χ2n) is 9.35. The number of piperazine rings is 1. The van der Waals surface area contributed by atoms with Crippen LogP contribution in [0.15, 0.2) is 24.3 Å². The number of para-hydroxylation sites is 2. The van der Waals surface area contributed by atoms with Crippen molar-refractivity contribution >= 4 is 33.1 Å². The molecule has 0 spiro atoms. The molecule has 3 aromatic rings. The zero-order valence-electron chi connectivity index (χ0n) is 19.3. The number of hydrogen-bond acceptors (Lipinski definition) is 7. The predicted molar refractivity (Wildman–Crippen MR) is 133 cm³/mol. The van der Waals surface area contributed by atoms with Gasteiger partial charge in [0, 0.05) is 31.1 Å². The summed E-state index contributed by atoms with van der Waals surface area (Å²) in [5.74, 6) is 3.22. The standard InChI is InChI=1S/C25H33N5OS/c1-17-8-10-28(11-9-17)16-22-26-24(23-18(2)19(3)32-25(23)27-22)30-14-12-29(13-15-30)20-6-4-5-7-21(20)31/h4-7,17,31H,8-16H2,1-3H3. The van der Waals surface area contributed by atoms with Crippen molar-refractivity contribution in [2.45, 2.75) is 40.2 Å². The molecule has 0 unspecified atom stereocenters. The van der Waals surface area contributed by atoms with E-state index in [4.69, 9.17) is 9.97 Å². The van der Waals surface area contributed by atoms with Gasteiger partial charge in [0.05, 0.1) is 17.6 Å². The molecule has 0 amide bonds. The van der Waals surface area contributed by atoms with Crippen LogP contribution in [-0.2, 0) is 6.54 Å². The minimum Gasteiger partial charge on any atom is -0.506 e. The zero-order valence-corrected chi connectivity index (χ0v) is 20.2. The highest BCUT2D eigenvalue weighted by Crippen LogP contribution is 2.36. The van der Waals surface area contributed by atoms with Crippen LogP contribution < -0.4 is 9.80 Å². The van der Waals surface area contributed by atoms with Gasteiger partial charge in [-0.25, -0.2) is 9.97 Å². The number of rotatable bonds is 4. The third kappa shape index (κ3) is 4.16. The molecule has 7 heteroatoms. The van der Waals surface area contributed by atoms with Crippen molar-refractivity contribution in [3.8, 4) is 5.75 Å². The summed E-state index contributed by atoms with van der Waals surface area (Å²) >= 11 is 1.79. The van der Waals surface area contributed by atoms with Gasteiger partial charge in [-0.05, 0) is 63.4 Å². The third-order valence-corrected chi connectivity index (χ3v) is 8.20. The molecule has 0 saturated carbocycles. The van der Waals surface area contributed by atoms with Gasteiger partial charge in [0.25, 0.3) is 0 Å². The number of thiophene rings is 1. The van der Waals surface area contributed by atoms with Crippen LogP contribution >= 0.6 is 11.3 Å². The van der Waals surface area contributed by atoms with E-state index >= 15 is 0 Å². The van der Waals surface area contributed by atoms with E-state index in [1.165, 1.54) is 28.7 Å². The fourth-order valence-electron chi connectivity index (χ4n) is 4.88. The molecule has 4 heterocycles. The Morgan fingerprint density at radius 1 is 0.969 bits per heavy atom. The van der Waals surface area contributed by atoms with Gasteiger partial charge in [0.2, 0.25) is 0 Å². The Morgan fingerprint density at radius 2 is 1.66 bits per heavy atom. The van der Waals surface area contributed by atoms with Crippen molar-refractivity contribution in [1.82, 2.24) is 14.9 Å². The average molecular weight is 452 g/mol. The minimum absolute atomic E-state index is 0.354. The van der Waals surface area contributed by atoms with Crippen molar-refractivity contribution in [3.63, 3.8) is 0 Å². The maximum atomic E-state index is 10.3. The summed E-state index contributed by atoms with van der Waals surface area (Å²) in [6, 6.07) is 7.62. The second-order valence-corrected chi connectivity index (χ2v) is 10.6.